The van der Waals surface area contributed by atoms with Crippen LogP contribution in [0.2, 0.25) is 0 Å². The molecule has 16 heavy (non-hydrogen) atoms. The van der Waals surface area contributed by atoms with Crippen LogP contribution in [0.1, 0.15) is 12.8 Å². The van der Waals surface area contributed by atoms with E-state index in [-0.39, 0.29) is 0 Å². The van der Waals surface area contributed by atoms with Gasteiger partial charge < -0.3 is 4.90 Å². The van der Waals surface area contributed by atoms with Gasteiger partial charge in [0.25, 0.3) is 0 Å². The third kappa shape index (κ3) is 1.82. The van der Waals surface area contributed by atoms with Crippen molar-refractivity contribution >= 4 is 43.3 Å². The Labute approximate surface area is 107 Å². The van der Waals surface area contributed by atoms with Gasteiger partial charge in [0.15, 0.2) is 0 Å². The van der Waals surface area contributed by atoms with Crippen molar-refractivity contribution in [1.29, 1.82) is 0 Å². The first-order valence-electron chi connectivity index (χ1n) is 5.42. The smallest absolute Gasteiger partial charge is 0.150 e. The van der Waals surface area contributed by atoms with Gasteiger partial charge in [0.05, 0.1) is 10.2 Å². The van der Waals surface area contributed by atoms with Crippen molar-refractivity contribution in [3.05, 3.63) is 17.8 Å². The van der Waals surface area contributed by atoms with Gasteiger partial charge in [-0.05, 0) is 24.3 Å². The van der Waals surface area contributed by atoms with Crippen LogP contribution < -0.4 is 4.90 Å². The molecule has 0 bridgehead atoms. The summed E-state index contributed by atoms with van der Waals surface area (Å²) in [5.74, 6) is 1.10. The first kappa shape index (κ1) is 10.5. The fraction of sp³-hybridized carbons (Fsp3) is 0.455. The van der Waals surface area contributed by atoms with E-state index in [1.165, 1.54) is 17.5 Å². The fourth-order valence-electron chi connectivity index (χ4n) is 2.12. The van der Waals surface area contributed by atoms with Crippen LogP contribution in [0, 0.1) is 0 Å². The molecule has 1 aliphatic rings. The predicted molar refractivity (Wildman–Crippen MR) is 71.6 cm³/mol. The average Bonchev–Trinajstić information content (AvgIpc) is 2.76. The number of rotatable bonds is 1. The van der Waals surface area contributed by atoms with Gasteiger partial charge in [-0.1, -0.05) is 15.9 Å². The first-order valence-corrected chi connectivity index (χ1v) is 7.21. The number of aromatic nitrogens is 2. The van der Waals surface area contributed by atoms with E-state index in [0.717, 1.165) is 24.4 Å². The molecule has 0 N–H and O–H groups in total. The molecule has 0 amide bonds. The minimum Gasteiger partial charge on any atom is -0.354 e. The van der Waals surface area contributed by atoms with Crippen molar-refractivity contribution in [2.75, 3.05) is 18.0 Å². The van der Waals surface area contributed by atoms with Crippen molar-refractivity contribution in [3.8, 4) is 0 Å². The normalized spacial score (nSPS) is 21.6. The van der Waals surface area contributed by atoms with Gasteiger partial charge in [-0.3, -0.25) is 0 Å². The van der Waals surface area contributed by atoms with Gasteiger partial charge in [-0.15, -0.1) is 11.3 Å². The van der Waals surface area contributed by atoms with Gasteiger partial charge in [0.1, 0.15) is 12.1 Å². The van der Waals surface area contributed by atoms with E-state index in [4.69, 9.17) is 0 Å². The summed E-state index contributed by atoms with van der Waals surface area (Å²) >= 11 is 5.43. The van der Waals surface area contributed by atoms with Crippen molar-refractivity contribution in [3.63, 3.8) is 0 Å². The molecule has 0 aliphatic carbocycles. The van der Waals surface area contributed by atoms with Crippen LogP contribution in [0.4, 0.5) is 5.82 Å². The summed E-state index contributed by atoms with van der Waals surface area (Å²) in [6, 6.07) is 2.06. The van der Waals surface area contributed by atoms with Crippen molar-refractivity contribution < 1.29 is 0 Å². The summed E-state index contributed by atoms with van der Waals surface area (Å²) in [6.45, 7) is 2.15. The molecule has 3 nitrogen and oxygen atoms in total. The number of fused-ring (bicyclic) bond motifs is 1. The highest BCUT2D eigenvalue weighted by atomic mass is 79.9. The minimum absolute atomic E-state index is 0.589. The van der Waals surface area contributed by atoms with Crippen molar-refractivity contribution in [2.45, 2.75) is 17.7 Å². The summed E-state index contributed by atoms with van der Waals surface area (Å²) in [6.07, 6.45) is 4.16. The zero-order chi connectivity index (χ0) is 11.0. The molecule has 0 radical (unpaired) electrons. The molecule has 0 spiro atoms. The monoisotopic (exact) mass is 297 g/mol. The molecule has 1 fully saturated rings. The van der Waals surface area contributed by atoms with Crippen LogP contribution >= 0.6 is 27.3 Å². The van der Waals surface area contributed by atoms with E-state index in [9.17, 15) is 0 Å². The van der Waals surface area contributed by atoms with E-state index in [1.807, 2.05) is 0 Å². The maximum Gasteiger partial charge on any atom is 0.150 e. The highest BCUT2D eigenvalue weighted by molar-refractivity contribution is 9.09. The molecule has 84 valence electrons. The number of halogens is 1. The number of hydrogen-bond donors (Lipinski definition) is 0. The third-order valence-corrected chi connectivity index (χ3v) is 4.53. The summed E-state index contributed by atoms with van der Waals surface area (Å²) in [7, 11) is 0. The molecule has 2 aromatic heterocycles. The highest BCUT2D eigenvalue weighted by Gasteiger charge is 2.20. The summed E-state index contributed by atoms with van der Waals surface area (Å²) in [5, 5.41) is 2.08. The van der Waals surface area contributed by atoms with E-state index >= 15 is 0 Å². The Hall–Kier alpha value is -0.680. The Morgan fingerprint density at radius 3 is 3.25 bits per heavy atom. The summed E-state index contributed by atoms with van der Waals surface area (Å²) in [5.41, 5.74) is 1.06. The molecule has 1 unspecified atom stereocenters. The lowest BCUT2D eigenvalue weighted by molar-refractivity contribution is 0.592. The molecule has 1 atom stereocenters. The fourth-order valence-corrected chi connectivity index (χ4v) is 3.65. The molecule has 1 saturated heterocycles. The van der Waals surface area contributed by atoms with Crippen LogP contribution in [-0.2, 0) is 0 Å². The number of anilines is 1. The van der Waals surface area contributed by atoms with E-state index < -0.39 is 0 Å². The van der Waals surface area contributed by atoms with Crippen molar-refractivity contribution in [2.24, 2.45) is 0 Å². The van der Waals surface area contributed by atoms with Crippen LogP contribution in [0.3, 0.4) is 0 Å². The largest absolute Gasteiger partial charge is 0.354 e. The highest BCUT2D eigenvalue weighted by Crippen LogP contribution is 2.30. The Balaban J connectivity index is 2.01. The van der Waals surface area contributed by atoms with Crippen LogP contribution in [0.15, 0.2) is 17.8 Å². The number of nitrogens with zero attached hydrogens (tertiary/aromatic N) is 3. The van der Waals surface area contributed by atoms with Gasteiger partial charge in [-0.25, -0.2) is 9.97 Å². The van der Waals surface area contributed by atoms with Gasteiger partial charge in [0, 0.05) is 17.9 Å². The molecule has 0 aromatic carbocycles. The second-order valence-electron chi connectivity index (χ2n) is 4.02. The zero-order valence-electron chi connectivity index (χ0n) is 8.77. The second kappa shape index (κ2) is 4.30. The van der Waals surface area contributed by atoms with E-state index in [2.05, 4.69) is 42.2 Å². The Morgan fingerprint density at radius 2 is 2.38 bits per heavy atom. The van der Waals surface area contributed by atoms with Crippen LogP contribution in [-0.4, -0.2) is 27.9 Å². The average molecular weight is 298 g/mol. The molecule has 3 rings (SSSR count). The zero-order valence-corrected chi connectivity index (χ0v) is 11.2. The maximum absolute atomic E-state index is 4.44. The van der Waals surface area contributed by atoms with Gasteiger partial charge in [0.2, 0.25) is 0 Å². The first-order chi connectivity index (χ1) is 7.84. The predicted octanol–water partition coefficient (Wildman–Crippen LogP) is 3.06. The van der Waals surface area contributed by atoms with E-state index in [1.54, 1.807) is 17.7 Å². The second-order valence-corrected chi connectivity index (χ2v) is 6.23. The Kier molecular flexibility index (Phi) is 2.81. The number of hydrogen-bond acceptors (Lipinski definition) is 4. The SMILES string of the molecule is BrC1CCCN(c2ncnc3ccsc23)C1. The standard InChI is InChI=1S/C11H12BrN3S/c12-8-2-1-4-15(6-8)11-10-9(3-5-16-10)13-7-14-11/h3,5,7-8H,1-2,4,6H2. The molecule has 1 aliphatic heterocycles. The molecule has 5 heteroatoms. The van der Waals surface area contributed by atoms with Crippen LogP contribution in [0.5, 0.6) is 0 Å². The number of piperidine rings is 1. The maximum atomic E-state index is 4.44. The topological polar surface area (TPSA) is 29.0 Å². The summed E-state index contributed by atoms with van der Waals surface area (Å²) < 4.78 is 1.21. The number of thiophene rings is 1. The lowest BCUT2D eigenvalue weighted by Crippen LogP contribution is -2.36. The molecular weight excluding hydrogens is 286 g/mol. The minimum atomic E-state index is 0.589. The van der Waals surface area contributed by atoms with Crippen LogP contribution in [0.25, 0.3) is 10.2 Å². The number of alkyl halides is 1. The quantitative estimate of drug-likeness (QED) is 0.758. The third-order valence-electron chi connectivity index (χ3n) is 2.89. The lowest BCUT2D eigenvalue weighted by Gasteiger charge is -2.31. The Bertz CT molecular complexity index is 499. The van der Waals surface area contributed by atoms with Gasteiger partial charge in [-0.2, -0.15) is 0 Å². The molecule has 0 saturated carbocycles. The Morgan fingerprint density at radius 1 is 1.44 bits per heavy atom. The van der Waals surface area contributed by atoms with Gasteiger partial charge >= 0.3 is 0 Å². The van der Waals surface area contributed by atoms with Crippen molar-refractivity contribution in [1.82, 2.24) is 9.97 Å². The lowest BCUT2D eigenvalue weighted by atomic mass is 10.1. The molecule has 2 aromatic rings. The molecular formula is C11H12BrN3S. The summed E-state index contributed by atoms with van der Waals surface area (Å²) in [4.78, 5) is 11.7. The molecule has 3 heterocycles. The van der Waals surface area contributed by atoms with E-state index in [0.29, 0.717) is 4.83 Å².